The molecule has 2 aromatic carbocycles. The quantitative estimate of drug-likeness (QED) is 0.774. The summed E-state index contributed by atoms with van der Waals surface area (Å²) < 4.78 is 40.2. The lowest BCUT2D eigenvalue weighted by Crippen LogP contribution is -2.31. The number of hydrogen-bond donors (Lipinski definition) is 1. The summed E-state index contributed by atoms with van der Waals surface area (Å²) in [6, 6.07) is 14.3. The first-order valence-electron chi connectivity index (χ1n) is 7.57. The molecule has 0 amide bonds. The van der Waals surface area contributed by atoms with Crippen LogP contribution in [0.4, 0.5) is 18.9 Å². The van der Waals surface area contributed by atoms with Gasteiger partial charge >= 0.3 is 6.18 Å². The van der Waals surface area contributed by atoms with Gasteiger partial charge in [0.2, 0.25) is 0 Å². The van der Waals surface area contributed by atoms with Crippen LogP contribution in [0.5, 0.6) is 0 Å². The summed E-state index contributed by atoms with van der Waals surface area (Å²) in [5.74, 6) is 0.399. The van der Waals surface area contributed by atoms with Crippen LogP contribution in [0.15, 0.2) is 54.6 Å². The van der Waals surface area contributed by atoms with E-state index in [1.807, 2.05) is 44.2 Å². The number of hydrogen-bond acceptors (Lipinski definition) is 4. The van der Waals surface area contributed by atoms with E-state index in [1.165, 1.54) is 16.8 Å². The van der Waals surface area contributed by atoms with Gasteiger partial charge in [-0.3, -0.25) is 0 Å². The average Bonchev–Trinajstić information content (AvgIpc) is 3.05. The number of alkyl halides is 3. The highest BCUT2D eigenvalue weighted by molar-refractivity contribution is 5.46. The van der Waals surface area contributed by atoms with Gasteiger partial charge in [0, 0.05) is 5.69 Å². The van der Waals surface area contributed by atoms with Crippen molar-refractivity contribution in [2.45, 2.75) is 25.6 Å². The van der Waals surface area contributed by atoms with Crippen LogP contribution in [0.3, 0.4) is 0 Å². The van der Waals surface area contributed by atoms with Gasteiger partial charge in [-0.25, -0.2) is 0 Å². The Morgan fingerprint density at radius 3 is 2.36 bits per heavy atom. The Morgan fingerprint density at radius 2 is 1.68 bits per heavy atom. The zero-order valence-corrected chi connectivity index (χ0v) is 13.6. The Bertz CT molecular complexity index is 856. The van der Waals surface area contributed by atoms with Crippen molar-refractivity contribution in [3.8, 4) is 5.69 Å². The third-order valence-corrected chi connectivity index (χ3v) is 3.68. The Hall–Kier alpha value is -2.90. The van der Waals surface area contributed by atoms with E-state index >= 15 is 0 Å². The fraction of sp³-hybridized carbons (Fsp3) is 0.235. The molecule has 1 N–H and O–H groups in total. The summed E-state index contributed by atoms with van der Waals surface area (Å²) in [6.07, 6.45) is -4.43. The van der Waals surface area contributed by atoms with Gasteiger partial charge in [0.25, 0.3) is 0 Å². The fourth-order valence-electron chi connectivity index (χ4n) is 2.50. The smallest absolute Gasteiger partial charge is 0.373 e. The number of rotatable bonds is 4. The largest absolute Gasteiger partial charge is 0.416 e. The van der Waals surface area contributed by atoms with Crippen molar-refractivity contribution in [3.05, 3.63) is 66.0 Å². The molecule has 3 aromatic rings. The molecule has 0 radical (unpaired) electrons. The van der Waals surface area contributed by atoms with Gasteiger partial charge in [-0.2, -0.15) is 17.9 Å². The lowest BCUT2D eigenvalue weighted by Gasteiger charge is -2.26. The monoisotopic (exact) mass is 347 g/mol. The highest BCUT2D eigenvalue weighted by Gasteiger charge is 2.32. The zero-order chi connectivity index (χ0) is 18.1. The standard InChI is InChI=1S/C17H16F3N5/c1-16(2,21-13-8-4-3-5-9-13)15-22-23-24-25(15)14-10-6-7-12(11-14)17(18,19)20/h3-11,21H,1-2H3. The van der Waals surface area contributed by atoms with E-state index in [1.54, 1.807) is 0 Å². The van der Waals surface area contributed by atoms with Crippen molar-refractivity contribution in [1.82, 2.24) is 20.2 Å². The molecule has 5 nitrogen and oxygen atoms in total. The zero-order valence-electron chi connectivity index (χ0n) is 13.6. The summed E-state index contributed by atoms with van der Waals surface area (Å²) in [5.41, 5.74) is -0.358. The van der Waals surface area contributed by atoms with E-state index in [9.17, 15) is 13.2 Å². The lowest BCUT2D eigenvalue weighted by molar-refractivity contribution is -0.137. The van der Waals surface area contributed by atoms with E-state index in [0.717, 1.165) is 17.8 Å². The molecule has 0 aliphatic carbocycles. The number of anilines is 1. The highest BCUT2D eigenvalue weighted by Crippen LogP contribution is 2.31. The Balaban J connectivity index is 1.98. The molecule has 0 fully saturated rings. The number of benzene rings is 2. The molecule has 0 saturated heterocycles. The first-order valence-corrected chi connectivity index (χ1v) is 7.57. The van der Waals surface area contributed by atoms with E-state index in [-0.39, 0.29) is 5.69 Å². The number of para-hydroxylation sites is 1. The van der Waals surface area contributed by atoms with Crippen molar-refractivity contribution >= 4 is 5.69 Å². The van der Waals surface area contributed by atoms with Gasteiger partial charge in [0.05, 0.1) is 16.8 Å². The number of tetrazole rings is 1. The van der Waals surface area contributed by atoms with E-state index in [0.29, 0.717) is 5.82 Å². The maximum atomic E-state index is 13.0. The highest BCUT2D eigenvalue weighted by atomic mass is 19.4. The van der Waals surface area contributed by atoms with Gasteiger partial charge in [-0.15, -0.1) is 5.10 Å². The van der Waals surface area contributed by atoms with Crippen molar-refractivity contribution in [2.75, 3.05) is 5.32 Å². The van der Waals surface area contributed by atoms with Crippen LogP contribution >= 0.6 is 0 Å². The third-order valence-electron chi connectivity index (χ3n) is 3.68. The summed E-state index contributed by atoms with van der Waals surface area (Å²) in [5, 5.41) is 14.8. The maximum absolute atomic E-state index is 13.0. The van der Waals surface area contributed by atoms with E-state index < -0.39 is 17.3 Å². The first-order chi connectivity index (χ1) is 11.8. The van der Waals surface area contributed by atoms with Crippen LogP contribution in [-0.4, -0.2) is 20.2 Å². The van der Waals surface area contributed by atoms with Crippen molar-refractivity contribution in [1.29, 1.82) is 0 Å². The second kappa shape index (κ2) is 6.19. The van der Waals surface area contributed by atoms with E-state index in [2.05, 4.69) is 20.8 Å². The van der Waals surface area contributed by atoms with Gasteiger partial charge < -0.3 is 5.32 Å². The van der Waals surface area contributed by atoms with Crippen LogP contribution in [0.25, 0.3) is 5.69 Å². The summed E-state index contributed by atoms with van der Waals surface area (Å²) in [7, 11) is 0. The van der Waals surface area contributed by atoms with Crippen LogP contribution in [0, 0.1) is 0 Å². The van der Waals surface area contributed by atoms with Crippen molar-refractivity contribution in [3.63, 3.8) is 0 Å². The SMILES string of the molecule is CC(C)(Nc1ccccc1)c1nnnn1-c1cccc(C(F)(F)F)c1. The van der Waals surface area contributed by atoms with Gasteiger partial charge in [0.1, 0.15) is 0 Å². The molecule has 1 aromatic heterocycles. The predicted molar refractivity (Wildman–Crippen MR) is 87.2 cm³/mol. The Morgan fingerprint density at radius 1 is 0.960 bits per heavy atom. The second-order valence-corrected chi connectivity index (χ2v) is 6.08. The number of nitrogens with zero attached hydrogens (tertiary/aromatic N) is 4. The summed E-state index contributed by atoms with van der Waals surface area (Å²) >= 11 is 0. The molecular formula is C17H16F3N5. The van der Waals surface area contributed by atoms with Gasteiger partial charge in [0.15, 0.2) is 5.82 Å². The van der Waals surface area contributed by atoms with Crippen molar-refractivity contribution < 1.29 is 13.2 Å². The molecule has 0 bridgehead atoms. The van der Waals surface area contributed by atoms with Gasteiger partial charge in [-0.1, -0.05) is 24.3 Å². The molecule has 0 atom stereocenters. The minimum absolute atomic E-state index is 0.248. The summed E-state index contributed by atoms with van der Waals surface area (Å²) in [4.78, 5) is 0. The predicted octanol–water partition coefficient (Wildman–Crippen LogP) is 4.03. The molecule has 0 saturated carbocycles. The molecular weight excluding hydrogens is 331 g/mol. The van der Waals surface area contributed by atoms with Crippen LogP contribution in [-0.2, 0) is 11.7 Å². The fourth-order valence-corrected chi connectivity index (χ4v) is 2.50. The van der Waals surface area contributed by atoms with Crippen LogP contribution in [0.1, 0.15) is 25.2 Å². The normalized spacial score (nSPS) is 12.2. The number of nitrogens with one attached hydrogen (secondary N) is 1. The Kier molecular flexibility index (Phi) is 4.20. The topological polar surface area (TPSA) is 55.6 Å². The lowest BCUT2D eigenvalue weighted by atomic mass is 10.0. The maximum Gasteiger partial charge on any atom is 0.416 e. The molecule has 130 valence electrons. The molecule has 0 aliphatic rings. The minimum Gasteiger partial charge on any atom is -0.373 e. The molecule has 1 heterocycles. The van der Waals surface area contributed by atoms with Crippen LogP contribution in [0.2, 0.25) is 0 Å². The van der Waals surface area contributed by atoms with E-state index in [4.69, 9.17) is 0 Å². The molecule has 0 aliphatic heterocycles. The number of aromatic nitrogens is 4. The van der Waals surface area contributed by atoms with Gasteiger partial charge in [-0.05, 0) is 54.6 Å². The third kappa shape index (κ3) is 3.62. The second-order valence-electron chi connectivity index (χ2n) is 6.08. The molecule has 3 rings (SSSR count). The molecule has 0 spiro atoms. The molecule has 8 heteroatoms. The number of halogens is 3. The Labute approximate surface area is 142 Å². The molecule has 0 unspecified atom stereocenters. The van der Waals surface area contributed by atoms with Crippen LogP contribution < -0.4 is 5.32 Å². The average molecular weight is 347 g/mol. The minimum atomic E-state index is -4.43. The first kappa shape index (κ1) is 16.9. The van der Waals surface area contributed by atoms with Crippen molar-refractivity contribution in [2.24, 2.45) is 0 Å². The molecule has 25 heavy (non-hydrogen) atoms. The summed E-state index contributed by atoms with van der Waals surface area (Å²) in [6.45, 7) is 3.71.